The van der Waals surface area contributed by atoms with Crippen molar-refractivity contribution in [2.45, 2.75) is 37.3 Å². The molecule has 2 atom stereocenters. The molecule has 1 unspecified atom stereocenters. The lowest BCUT2D eigenvalue weighted by molar-refractivity contribution is -0.129. The first-order valence-electron chi connectivity index (χ1n) is 9.88. The van der Waals surface area contributed by atoms with Crippen LogP contribution in [0, 0.1) is 0 Å². The molecule has 1 amide bonds. The zero-order valence-corrected chi connectivity index (χ0v) is 15.9. The normalized spacial score (nSPS) is 26.6. The minimum Gasteiger partial charge on any atom is -0.396 e. The number of allylic oxidation sites excluding steroid dienone is 3. The number of carbonyl (C=O) groups excluding carboxylic acids is 1. The number of rotatable bonds is 5. The number of carbonyl (C=O) groups is 1. The third kappa shape index (κ3) is 3.66. The largest absolute Gasteiger partial charge is 0.396 e. The molecule has 0 saturated carbocycles. The van der Waals surface area contributed by atoms with E-state index in [4.69, 9.17) is 0 Å². The van der Waals surface area contributed by atoms with Gasteiger partial charge in [0.25, 0.3) is 0 Å². The van der Waals surface area contributed by atoms with Crippen molar-refractivity contribution >= 4 is 5.91 Å². The summed E-state index contributed by atoms with van der Waals surface area (Å²) in [6, 6.07) is 4.03. The van der Waals surface area contributed by atoms with Gasteiger partial charge in [0.1, 0.15) is 5.54 Å². The molecule has 0 radical (unpaired) electrons. The maximum atomic E-state index is 13.0. The molecule has 146 valence electrons. The molecule has 0 spiro atoms. The summed E-state index contributed by atoms with van der Waals surface area (Å²) in [4.78, 5) is 19.1. The summed E-state index contributed by atoms with van der Waals surface area (Å²) in [6.45, 7) is 0.860. The molecule has 6 heteroatoms. The van der Waals surface area contributed by atoms with Crippen LogP contribution < -0.4 is 5.43 Å². The van der Waals surface area contributed by atoms with E-state index in [0.717, 1.165) is 37.1 Å². The molecule has 0 aliphatic carbocycles. The van der Waals surface area contributed by atoms with Crippen molar-refractivity contribution in [3.63, 3.8) is 0 Å². The quantitative estimate of drug-likeness (QED) is 0.770. The van der Waals surface area contributed by atoms with Gasteiger partial charge < -0.3 is 10.0 Å². The van der Waals surface area contributed by atoms with Gasteiger partial charge in [-0.3, -0.25) is 14.8 Å². The Morgan fingerprint density at radius 3 is 3.11 bits per heavy atom. The van der Waals surface area contributed by atoms with Gasteiger partial charge in [-0.2, -0.15) is 0 Å². The Morgan fingerprint density at radius 2 is 2.32 bits per heavy atom. The Bertz CT molecular complexity index is 828. The van der Waals surface area contributed by atoms with Crippen molar-refractivity contribution < 1.29 is 9.90 Å². The Labute approximate surface area is 165 Å². The molecule has 28 heavy (non-hydrogen) atoms. The lowest BCUT2D eigenvalue weighted by atomic mass is 9.90. The van der Waals surface area contributed by atoms with E-state index in [9.17, 15) is 9.90 Å². The molecule has 4 heterocycles. The highest BCUT2D eigenvalue weighted by molar-refractivity contribution is 5.88. The van der Waals surface area contributed by atoms with Gasteiger partial charge in [-0.15, -0.1) is 0 Å². The van der Waals surface area contributed by atoms with Crippen LogP contribution in [0.3, 0.4) is 0 Å². The third-order valence-corrected chi connectivity index (χ3v) is 5.57. The summed E-state index contributed by atoms with van der Waals surface area (Å²) < 4.78 is 0. The molecule has 4 rings (SSSR count). The highest BCUT2D eigenvalue weighted by Crippen LogP contribution is 2.34. The zero-order valence-electron chi connectivity index (χ0n) is 15.9. The minimum absolute atomic E-state index is 0.00225. The standard InChI is InChI=1S/C22H26N4O2/c27-15-10-19-7-1-3-13-25(19)21(28)9-11-22(18-6-5-12-23-17-18)16-20-8-2-4-14-26(20)24-22/h2,4-6,8-9,11-12,14,16-17,19,24,27H,1,3,7,10,13,15H2/t19-,22?/m1/s1. The predicted octanol–water partition coefficient (Wildman–Crippen LogP) is 2.38. The van der Waals surface area contributed by atoms with Gasteiger partial charge in [-0.25, -0.2) is 5.43 Å². The van der Waals surface area contributed by atoms with Gasteiger partial charge in [0.2, 0.25) is 5.91 Å². The van der Waals surface area contributed by atoms with Crippen LogP contribution in [0.2, 0.25) is 0 Å². The Morgan fingerprint density at radius 1 is 1.39 bits per heavy atom. The first kappa shape index (κ1) is 18.7. The lowest BCUT2D eigenvalue weighted by Gasteiger charge is -2.35. The van der Waals surface area contributed by atoms with Crippen LogP contribution in [-0.2, 0) is 10.3 Å². The maximum Gasteiger partial charge on any atom is 0.246 e. The van der Waals surface area contributed by atoms with E-state index in [1.165, 1.54) is 0 Å². The second kappa shape index (κ2) is 8.12. The van der Waals surface area contributed by atoms with Crippen molar-refractivity contribution in [1.82, 2.24) is 20.3 Å². The molecule has 1 aromatic heterocycles. The van der Waals surface area contributed by atoms with E-state index in [1.807, 2.05) is 58.7 Å². The van der Waals surface area contributed by atoms with Crippen LogP contribution in [0.15, 0.2) is 72.9 Å². The summed E-state index contributed by atoms with van der Waals surface area (Å²) in [5.74, 6) is -0.00225. The number of piperidine rings is 1. The van der Waals surface area contributed by atoms with Crippen molar-refractivity contribution in [3.8, 4) is 0 Å². The number of likely N-dealkylation sites (tertiary alicyclic amines) is 1. The minimum atomic E-state index is -0.638. The average molecular weight is 378 g/mol. The number of hydrogen-bond acceptors (Lipinski definition) is 5. The van der Waals surface area contributed by atoms with Gasteiger partial charge in [-0.05, 0) is 56.1 Å². The number of nitrogens with zero attached hydrogens (tertiary/aromatic N) is 3. The molecule has 0 aromatic carbocycles. The summed E-state index contributed by atoms with van der Waals surface area (Å²) in [6.07, 6.45) is 20.9. The molecular formula is C22H26N4O2. The summed E-state index contributed by atoms with van der Waals surface area (Å²) in [5, 5.41) is 11.3. The summed E-state index contributed by atoms with van der Waals surface area (Å²) in [5.41, 5.74) is 4.84. The lowest BCUT2D eigenvalue weighted by Crippen LogP contribution is -2.44. The van der Waals surface area contributed by atoms with E-state index in [0.29, 0.717) is 6.42 Å². The molecule has 1 aromatic rings. The van der Waals surface area contributed by atoms with Crippen LogP contribution in [0.1, 0.15) is 31.2 Å². The first-order valence-corrected chi connectivity index (χ1v) is 9.88. The second-order valence-electron chi connectivity index (χ2n) is 7.39. The number of pyridine rings is 1. The van der Waals surface area contributed by atoms with Crippen molar-refractivity contribution in [1.29, 1.82) is 0 Å². The number of hydrazine groups is 1. The van der Waals surface area contributed by atoms with Gasteiger partial charge in [0, 0.05) is 49.4 Å². The van der Waals surface area contributed by atoms with E-state index in [1.54, 1.807) is 12.3 Å². The monoisotopic (exact) mass is 378 g/mol. The average Bonchev–Trinajstić information content (AvgIpc) is 3.13. The Kier molecular flexibility index (Phi) is 5.41. The second-order valence-corrected chi connectivity index (χ2v) is 7.39. The third-order valence-electron chi connectivity index (χ3n) is 5.57. The molecule has 2 N–H and O–H groups in total. The smallest absolute Gasteiger partial charge is 0.246 e. The Balaban J connectivity index is 1.62. The number of aromatic nitrogens is 1. The Hall–Kier alpha value is -2.70. The summed E-state index contributed by atoms with van der Waals surface area (Å²) >= 11 is 0. The SMILES string of the molecule is O=C(C=CC1(c2cccnc2)C=C2C=CC=CN2N1)N1CCCC[C@@H]1CCO. The molecule has 6 nitrogen and oxygen atoms in total. The molecule has 3 aliphatic rings. The van der Waals surface area contributed by atoms with Gasteiger partial charge in [-0.1, -0.05) is 12.1 Å². The van der Waals surface area contributed by atoms with Crippen molar-refractivity contribution in [3.05, 3.63) is 78.4 Å². The zero-order chi connectivity index (χ0) is 19.4. The van der Waals surface area contributed by atoms with E-state index < -0.39 is 5.54 Å². The summed E-state index contributed by atoms with van der Waals surface area (Å²) in [7, 11) is 0. The fourth-order valence-electron chi connectivity index (χ4n) is 4.12. The van der Waals surface area contributed by atoms with E-state index in [-0.39, 0.29) is 18.6 Å². The number of aliphatic hydroxyl groups excluding tert-OH is 1. The number of amides is 1. The van der Waals surface area contributed by atoms with Crippen LogP contribution >= 0.6 is 0 Å². The number of nitrogens with one attached hydrogen (secondary N) is 1. The number of fused-ring (bicyclic) bond motifs is 1. The van der Waals surface area contributed by atoms with Gasteiger partial charge >= 0.3 is 0 Å². The van der Waals surface area contributed by atoms with E-state index in [2.05, 4.69) is 16.5 Å². The first-order chi connectivity index (χ1) is 13.7. The molecular weight excluding hydrogens is 352 g/mol. The van der Waals surface area contributed by atoms with Crippen LogP contribution in [0.5, 0.6) is 0 Å². The topological polar surface area (TPSA) is 68.7 Å². The molecule has 3 aliphatic heterocycles. The van der Waals surface area contributed by atoms with Crippen LogP contribution in [0.4, 0.5) is 0 Å². The van der Waals surface area contributed by atoms with Gasteiger partial charge in [0.05, 0.1) is 5.70 Å². The number of aliphatic hydroxyl groups is 1. The highest BCUT2D eigenvalue weighted by Gasteiger charge is 2.36. The molecule has 0 bridgehead atoms. The van der Waals surface area contributed by atoms with Crippen molar-refractivity contribution in [2.75, 3.05) is 13.2 Å². The van der Waals surface area contributed by atoms with E-state index >= 15 is 0 Å². The fraction of sp³-hybridized carbons (Fsp3) is 0.364. The van der Waals surface area contributed by atoms with Crippen LogP contribution in [-0.4, -0.2) is 45.1 Å². The fourth-order valence-corrected chi connectivity index (χ4v) is 4.12. The predicted molar refractivity (Wildman–Crippen MR) is 107 cm³/mol. The highest BCUT2D eigenvalue weighted by atomic mass is 16.3. The van der Waals surface area contributed by atoms with Crippen LogP contribution in [0.25, 0.3) is 0 Å². The molecule has 1 saturated heterocycles. The number of hydrogen-bond donors (Lipinski definition) is 2. The van der Waals surface area contributed by atoms with Crippen molar-refractivity contribution in [2.24, 2.45) is 0 Å². The molecule has 1 fully saturated rings. The maximum absolute atomic E-state index is 13.0. The van der Waals surface area contributed by atoms with Gasteiger partial charge in [0.15, 0.2) is 0 Å².